The molecule has 0 bridgehead atoms. The molecule has 0 heterocycles. The third kappa shape index (κ3) is 3.31. The van der Waals surface area contributed by atoms with Crippen LogP contribution in [-0.4, -0.2) is 17.7 Å². The van der Waals surface area contributed by atoms with Crippen molar-refractivity contribution in [3.8, 4) is 5.75 Å². The molecule has 0 atom stereocenters. The van der Waals surface area contributed by atoms with Gasteiger partial charge in [-0.3, -0.25) is 0 Å². The first-order valence-corrected chi connectivity index (χ1v) is 4.28. The number of carboxylic acids is 1. The third-order valence-corrected chi connectivity index (χ3v) is 1.72. The lowest BCUT2D eigenvalue weighted by Crippen LogP contribution is -2.00. The van der Waals surface area contributed by atoms with Crippen LogP contribution >= 0.6 is 0 Å². The Hall–Kier alpha value is -1.77. The Labute approximate surface area is 82.6 Å². The number of carboxylic acid groups (broad SMARTS) is 1. The largest absolute Gasteiger partial charge is 0.490 e. The topological polar surface area (TPSA) is 46.5 Å². The van der Waals surface area contributed by atoms with Crippen LogP contribution in [0.5, 0.6) is 5.75 Å². The maximum Gasteiger partial charge on any atom is 0.331 e. The summed E-state index contributed by atoms with van der Waals surface area (Å²) in [5.41, 5.74) is 0.293. The second kappa shape index (κ2) is 5.07. The summed E-state index contributed by atoms with van der Waals surface area (Å²) in [6, 6.07) is 9.27. The molecule has 0 aliphatic carbocycles. The Morgan fingerprint density at radius 3 is 2.64 bits per heavy atom. The second-order valence-electron chi connectivity index (χ2n) is 2.82. The highest BCUT2D eigenvalue weighted by Crippen LogP contribution is 2.08. The molecule has 14 heavy (non-hydrogen) atoms. The van der Waals surface area contributed by atoms with E-state index in [2.05, 4.69) is 0 Å². The van der Waals surface area contributed by atoms with Gasteiger partial charge in [0.15, 0.2) is 0 Å². The van der Waals surface area contributed by atoms with Gasteiger partial charge in [-0.25, -0.2) is 4.79 Å². The van der Waals surface area contributed by atoms with Crippen LogP contribution in [0.4, 0.5) is 0 Å². The number of hydrogen-bond acceptors (Lipinski definition) is 2. The Bertz CT molecular complexity index is 328. The number of aliphatic carboxylic acids is 1. The number of ether oxygens (including phenoxy) is 1. The Morgan fingerprint density at radius 1 is 1.43 bits per heavy atom. The van der Waals surface area contributed by atoms with Crippen LogP contribution < -0.4 is 4.74 Å². The molecule has 1 aromatic carbocycles. The zero-order chi connectivity index (χ0) is 10.4. The monoisotopic (exact) mass is 192 g/mol. The molecular formula is C11H12O3. The van der Waals surface area contributed by atoms with Crippen molar-refractivity contribution in [2.75, 3.05) is 6.61 Å². The third-order valence-electron chi connectivity index (χ3n) is 1.72. The van der Waals surface area contributed by atoms with Gasteiger partial charge in [-0.05, 0) is 25.1 Å². The van der Waals surface area contributed by atoms with Crippen LogP contribution in [0.3, 0.4) is 0 Å². The predicted molar refractivity (Wildman–Crippen MR) is 53.3 cm³/mol. The van der Waals surface area contributed by atoms with Crippen molar-refractivity contribution in [1.29, 1.82) is 0 Å². The minimum atomic E-state index is -0.915. The van der Waals surface area contributed by atoms with Gasteiger partial charge in [0, 0.05) is 5.57 Å². The maximum atomic E-state index is 10.4. The SMILES string of the molecule is C/C(=C\COc1ccccc1)C(=O)O. The second-order valence-corrected chi connectivity index (χ2v) is 2.82. The summed E-state index contributed by atoms with van der Waals surface area (Å²) in [4.78, 5) is 10.4. The standard InChI is InChI=1S/C11H12O3/c1-9(11(12)13)7-8-14-10-5-3-2-4-6-10/h2-7H,8H2,1H3,(H,12,13)/b9-7+. The molecule has 74 valence electrons. The van der Waals surface area contributed by atoms with Crippen LogP contribution in [0, 0.1) is 0 Å². The molecule has 0 radical (unpaired) electrons. The van der Waals surface area contributed by atoms with E-state index in [1.807, 2.05) is 30.3 Å². The summed E-state index contributed by atoms with van der Waals surface area (Å²) in [6.07, 6.45) is 1.54. The molecule has 1 N–H and O–H groups in total. The molecule has 0 aliphatic rings. The van der Waals surface area contributed by atoms with Crippen LogP contribution in [0.2, 0.25) is 0 Å². The summed E-state index contributed by atoms with van der Waals surface area (Å²) in [7, 11) is 0. The molecule has 0 unspecified atom stereocenters. The lowest BCUT2D eigenvalue weighted by Gasteiger charge is -2.02. The fraction of sp³-hybridized carbons (Fsp3) is 0.182. The first-order valence-electron chi connectivity index (χ1n) is 4.28. The number of para-hydroxylation sites is 1. The van der Waals surface area contributed by atoms with Crippen LogP contribution in [0.25, 0.3) is 0 Å². The van der Waals surface area contributed by atoms with Crippen molar-refractivity contribution in [3.63, 3.8) is 0 Å². The van der Waals surface area contributed by atoms with Gasteiger partial charge >= 0.3 is 5.97 Å². The zero-order valence-electron chi connectivity index (χ0n) is 7.93. The van der Waals surface area contributed by atoms with E-state index in [-0.39, 0.29) is 6.61 Å². The highest BCUT2D eigenvalue weighted by molar-refractivity contribution is 5.85. The van der Waals surface area contributed by atoms with Gasteiger partial charge in [0.25, 0.3) is 0 Å². The maximum absolute atomic E-state index is 10.4. The van der Waals surface area contributed by atoms with Crippen molar-refractivity contribution in [3.05, 3.63) is 42.0 Å². The van der Waals surface area contributed by atoms with E-state index in [1.165, 1.54) is 13.0 Å². The summed E-state index contributed by atoms with van der Waals surface area (Å²) in [6.45, 7) is 1.82. The van der Waals surface area contributed by atoms with Gasteiger partial charge < -0.3 is 9.84 Å². The van der Waals surface area contributed by atoms with E-state index in [0.717, 1.165) is 5.75 Å². The Balaban J connectivity index is 2.43. The van der Waals surface area contributed by atoms with E-state index in [4.69, 9.17) is 9.84 Å². The summed E-state index contributed by atoms with van der Waals surface area (Å²) in [5.74, 6) is -0.177. The average Bonchev–Trinajstić information content (AvgIpc) is 2.19. The lowest BCUT2D eigenvalue weighted by atomic mass is 10.3. The smallest absolute Gasteiger partial charge is 0.331 e. The Morgan fingerprint density at radius 2 is 2.07 bits per heavy atom. The predicted octanol–water partition coefficient (Wildman–Crippen LogP) is 2.10. The van der Waals surface area contributed by atoms with Crippen LogP contribution in [-0.2, 0) is 4.79 Å². The molecular weight excluding hydrogens is 180 g/mol. The quantitative estimate of drug-likeness (QED) is 0.743. The van der Waals surface area contributed by atoms with Gasteiger partial charge in [0.05, 0.1) is 0 Å². The molecule has 0 saturated carbocycles. The number of hydrogen-bond donors (Lipinski definition) is 1. The molecule has 0 saturated heterocycles. The molecule has 0 spiro atoms. The highest BCUT2D eigenvalue weighted by atomic mass is 16.5. The fourth-order valence-electron chi connectivity index (χ4n) is 0.867. The van der Waals surface area contributed by atoms with Crippen molar-refractivity contribution < 1.29 is 14.6 Å². The molecule has 0 aromatic heterocycles. The molecule has 0 amide bonds. The number of carbonyl (C=O) groups is 1. The molecule has 1 rings (SSSR count). The van der Waals surface area contributed by atoms with E-state index >= 15 is 0 Å². The van der Waals surface area contributed by atoms with Gasteiger partial charge in [-0.2, -0.15) is 0 Å². The summed E-state index contributed by atoms with van der Waals surface area (Å²) in [5, 5.41) is 8.56. The van der Waals surface area contributed by atoms with E-state index in [1.54, 1.807) is 0 Å². The minimum absolute atomic E-state index is 0.280. The van der Waals surface area contributed by atoms with E-state index < -0.39 is 5.97 Å². The lowest BCUT2D eigenvalue weighted by molar-refractivity contribution is -0.132. The molecule has 0 aliphatic heterocycles. The number of rotatable bonds is 4. The minimum Gasteiger partial charge on any atom is -0.490 e. The van der Waals surface area contributed by atoms with Crippen molar-refractivity contribution >= 4 is 5.97 Å². The van der Waals surface area contributed by atoms with Gasteiger partial charge in [0.2, 0.25) is 0 Å². The first-order chi connectivity index (χ1) is 6.70. The molecule has 1 aromatic rings. The van der Waals surface area contributed by atoms with Gasteiger partial charge in [-0.15, -0.1) is 0 Å². The first kappa shape index (κ1) is 10.3. The normalized spacial score (nSPS) is 11.1. The zero-order valence-corrected chi connectivity index (χ0v) is 7.93. The van der Waals surface area contributed by atoms with Crippen molar-refractivity contribution in [2.45, 2.75) is 6.92 Å². The average molecular weight is 192 g/mol. The summed E-state index contributed by atoms with van der Waals surface area (Å²) < 4.78 is 5.29. The van der Waals surface area contributed by atoms with Gasteiger partial charge in [0.1, 0.15) is 12.4 Å². The van der Waals surface area contributed by atoms with Crippen LogP contribution in [0.15, 0.2) is 42.0 Å². The Kier molecular flexibility index (Phi) is 3.73. The van der Waals surface area contributed by atoms with Gasteiger partial charge in [-0.1, -0.05) is 18.2 Å². The highest BCUT2D eigenvalue weighted by Gasteiger charge is 1.98. The number of benzene rings is 1. The van der Waals surface area contributed by atoms with Crippen molar-refractivity contribution in [1.82, 2.24) is 0 Å². The fourth-order valence-corrected chi connectivity index (χ4v) is 0.867. The van der Waals surface area contributed by atoms with E-state index in [9.17, 15) is 4.79 Å². The molecule has 3 heteroatoms. The molecule has 0 fully saturated rings. The van der Waals surface area contributed by atoms with Crippen molar-refractivity contribution in [2.24, 2.45) is 0 Å². The van der Waals surface area contributed by atoms with E-state index in [0.29, 0.717) is 5.57 Å². The molecule has 3 nitrogen and oxygen atoms in total. The van der Waals surface area contributed by atoms with Crippen LogP contribution in [0.1, 0.15) is 6.92 Å². The summed E-state index contributed by atoms with van der Waals surface area (Å²) >= 11 is 0.